The van der Waals surface area contributed by atoms with E-state index in [1.807, 2.05) is 19.9 Å². The molecule has 0 saturated carbocycles. The quantitative estimate of drug-likeness (QED) is 0.878. The molecule has 5 heteroatoms. The van der Waals surface area contributed by atoms with Crippen LogP contribution >= 0.6 is 0 Å². The molecule has 1 amide bonds. The van der Waals surface area contributed by atoms with Gasteiger partial charge in [0.05, 0.1) is 5.56 Å². The fourth-order valence-corrected chi connectivity index (χ4v) is 1.95. The third-order valence-electron chi connectivity index (χ3n) is 3.53. The minimum atomic E-state index is -0.571. The third-order valence-corrected chi connectivity index (χ3v) is 3.53. The highest BCUT2D eigenvalue weighted by Crippen LogP contribution is 2.14. The van der Waals surface area contributed by atoms with E-state index in [9.17, 15) is 14.0 Å². The van der Waals surface area contributed by atoms with Crippen molar-refractivity contribution in [2.45, 2.75) is 20.8 Å². The Hall–Kier alpha value is -2.69. The van der Waals surface area contributed by atoms with E-state index in [-0.39, 0.29) is 0 Å². The summed E-state index contributed by atoms with van der Waals surface area (Å²) in [6.07, 6.45) is 0. The van der Waals surface area contributed by atoms with Gasteiger partial charge >= 0.3 is 5.97 Å². The lowest BCUT2D eigenvalue weighted by atomic mass is 10.1. The fourth-order valence-electron chi connectivity index (χ4n) is 1.95. The Morgan fingerprint density at radius 1 is 1.00 bits per heavy atom. The molecule has 0 fully saturated rings. The van der Waals surface area contributed by atoms with Crippen molar-refractivity contribution in [2.75, 3.05) is 11.9 Å². The maximum Gasteiger partial charge on any atom is 0.338 e. The highest BCUT2D eigenvalue weighted by molar-refractivity contribution is 5.95. The van der Waals surface area contributed by atoms with Gasteiger partial charge in [-0.05, 0) is 61.7 Å². The molecule has 0 bridgehead atoms. The second-order valence-electron chi connectivity index (χ2n) is 5.39. The molecule has 0 aliphatic heterocycles. The Bertz CT molecular complexity index is 756. The lowest BCUT2D eigenvalue weighted by Crippen LogP contribution is -2.21. The average Bonchev–Trinajstić information content (AvgIpc) is 2.51. The van der Waals surface area contributed by atoms with E-state index in [1.165, 1.54) is 6.07 Å². The fraction of sp³-hybridized carbons (Fsp3) is 0.222. The first-order chi connectivity index (χ1) is 10.9. The van der Waals surface area contributed by atoms with Gasteiger partial charge in [0.1, 0.15) is 5.82 Å². The van der Waals surface area contributed by atoms with Gasteiger partial charge in [0.25, 0.3) is 5.91 Å². The zero-order chi connectivity index (χ0) is 17.0. The van der Waals surface area contributed by atoms with Gasteiger partial charge in [-0.1, -0.05) is 12.1 Å². The minimum absolute atomic E-state index is 0.320. The molecular weight excluding hydrogens is 297 g/mol. The number of esters is 1. The molecule has 23 heavy (non-hydrogen) atoms. The van der Waals surface area contributed by atoms with Crippen LogP contribution in [0.1, 0.15) is 27.0 Å². The summed E-state index contributed by atoms with van der Waals surface area (Å²) in [4.78, 5) is 23.7. The molecule has 0 saturated heterocycles. The van der Waals surface area contributed by atoms with Crippen molar-refractivity contribution < 1.29 is 18.7 Å². The topological polar surface area (TPSA) is 55.4 Å². The van der Waals surface area contributed by atoms with E-state index in [4.69, 9.17) is 4.74 Å². The second-order valence-corrected chi connectivity index (χ2v) is 5.39. The van der Waals surface area contributed by atoms with Crippen LogP contribution in [-0.4, -0.2) is 18.5 Å². The van der Waals surface area contributed by atoms with Crippen LogP contribution in [0.25, 0.3) is 0 Å². The first-order valence-corrected chi connectivity index (χ1v) is 7.17. The van der Waals surface area contributed by atoms with Gasteiger partial charge in [0.15, 0.2) is 6.61 Å². The molecule has 0 aliphatic rings. The molecule has 0 aromatic heterocycles. The van der Waals surface area contributed by atoms with Crippen molar-refractivity contribution in [1.82, 2.24) is 0 Å². The standard InChI is InChI=1S/C18H18FNO3/c1-11-4-6-14(8-13(11)3)18(22)23-10-17(21)20-15-7-5-12(2)16(19)9-15/h4-9H,10H2,1-3H3,(H,20,21). The number of aryl methyl sites for hydroxylation is 3. The monoisotopic (exact) mass is 315 g/mol. The summed E-state index contributed by atoms with van der Waals surface area (Å²) in [5.74, 6) is -1.50. The van der Waals surface area contributed by atoms with Crippen LogP contribution in [0.15, 0.2) is 36.4 Å². The van der Waals surface area contributed by atoms with Crippen molar-refractivity contribution >= 4 is 17.6 Å². The molecule has 2 aromatic carbocycles. The summed E-state index contributed by atoms with van der Waals surface area (Å²) < 4.78 is 18.4. The number of nitrogens with one attached hydrogen (secondary N) is 1. The molecule has 1 N–H and O–H groups in total. The Kier molecular flexibility index (Phi) is 5.11. The summed E-state index contributed by atoms with van der Waals surface area (Å²) in [7, 11) is 0. The number of carbonyl (C=O) groups is 2. The number of rotatable bonds is 4. The van der Waals surface area contributed by atoms with E-state index in [0.717, 1.165) is 11.1 Å². The van der Waals surface area contributed by atoms with Crippen molar-refractivity contribution in [3.8, 4) is 0 Å². The molecule has 4 nitrogen and oxygen atoms in total. The van der Waals surface area contributed by atoms with Gasteiger partial charge in [-0.15, -0.1) is 0 Å². The maximum atomic E-state index is 13.4. The largest absolute Gasteiger partial charge is 0.452 e. The minimum Gasteiger partial charge on any atom is -0.452 e. The molecule has 0 aliphatic carbocycles. The Morgan fingerprint density at radius 2 is 1.70 bits per heavy atom. The van der Waals surface area contributed by atoms with E-state index in [1.54, 1.807) is 31.2 Å². The Labute approximate surface area is 134 Å². The van der Waals surface area contributed by atoms with Gasteiger partial charge < -0.3 is 10.1 Å². The van der Waals surface area contributed by atoms with Crippen LogP contribution < -0.4 is 5.32 Å². The van der Waals surface area contributed by atoms with Crippen LogP contribution in [0, 0.1) is 26.6 Å². The predicted molar refractivity (Wildman–Crippen MR) is 86.0 cm³/mol. The number of ether oxygens (including phenoxy) is 1. The summed E-state index contributed by atoms with van der Waals surface area (Å²) in [6.45, 7) is 5.04. The molecule has 0 atom stereocenters. The van der Waals surface area contributed by atoms with Crippen molar-refractivity contribution in [1.29, 1.82) is 0 Å². The van der Waals surface area contributed by atoms with E-state index in [0.29, 0.717) is 16.8 Å². The molecule has 0 spiro atoms. The SMILES string of the molecule is Cc1ccc(C(=O)OCC(=O)Nc2ccc(C)c(F)c2)cc1C. The van der Waals surface area contributed by atoms with Crippen LogP contribution in [0.3, 0.4) is 0 Å². The van der Waals surface area contributed by atoms with E-state index >= 15 is 0 Å². The van der Waals surface area contributed by atoms with Crippen molar-refractivity contribution in [3.05, 3.63) is 64.5 Å². The summed E-state index contributed by atoms with van der Waals surface area (Å²) in [5, 5.41) is 2.48. The van der Waals surface area contributed by atoms with E-state index < -0.39 is 24.3 Å². The molecular formula is C18H18FNO3. The number of benzene rings is 2. The lowest BCUT2D eigenvalue weighted by molar-refractivity contribution is -0.119. The maximum absolute atomic E-state index is 13.4. The summed E-state index contributed by atoms with van der Waals surface area (Å²) in [5.41, 5.74) is 3.24. The zero-order valence-electron chi connectivity index (χ0n) is 13.3. The van der Waals surface area contributed by atoms with Gasteiger partial charge in [-0.2, -0.15) is 0 Å². The number of carbonyl (C=O) groups excluding carboxylic acids is 2. The Morgan fingerprint density at radius 3 is 2.35 bits per heavy atom. The van der Waals surface area contributed by atoms with Gasteiger partial charge in [-0.3, -0.25) is 4.79 Å². The van der Waals surface area contributed by atoms with Gasteiger partial charge in [-0.25, -0.2) is 9.18 Å². The predicted octanol–water partition coefficient (Wildman–Crippen LogP) is 3.55. The van der Waals surface area contributed by atoms with Crippen LogP contribution in [0.2, 0.25) is 0 Å². The number of halogens is 1. The highest BCUT2D eigenvalue weighted by atomic mass is 19.1. The van der Waals surface area contributed by atoms with Crippen molar-refractivity contribution in [3.63, 3.8) is 0 Å². The molecule has 0 radical (unpaired) electrons. The first kappa shape index (κ1) is 16.7. The Balaban J connectivity index is 1.91. The third kappa shape index (κ3) is 4.39. The van der Waals surface area contributed by atoms with Crippen molar-refractivity contribution in [2.24, 2.45) is 0 Å². The molecule has 2 aromatic rings. The summed E-state index contributed by atoms with van der Waals surface area (Å²) >= 11 is 0. The number of anilines is 1. The molecule has 0 heterocycles. The summed E-state index contributed by atoms with van der Waals surface area (Å²) in [6, 6.07) is 9.55. The number of hydrogen-bond acceptors (Lipinski definition) is 3. The van der Waals surface area contributed by atoms with Crippen LogP contribution in [0.4, 0.5) is 10.1 Å². The smallest absolute Gasteiger partial charge is 0.338 e. The second kappa shape index (κ2) is 7.05. The lowest BCUT2D eigenvalue weighted by Gasteiger charge is -2.08. The molecule has 2 rings (SSSR count). The molecule has 0 unspecified atom stereocenters. The average molecular weight is 315 g/mol. The number of hydrogen-bond donors (Lipinski definition) is 1. The van der Waals surface area contributed by atoms with Crippen LogP contribution in [0.5, 0.6) is 0 Å². The first-order valence-electron chi connectivity index (χ1n) is 7.17. The highest BCUT2D eigenvalue weighted by Gasteiger charge is 2.11. The number of amides is 1. The normalized spacial score (nSPS) is 10.3. The van der Waals surface area contributed by atoms with Gasteiger partial charge in [0, 0.05) is 5.69 Å². The van der Waals surface area contributed by atoms with E-state index in [2.05, 4.69) is 5.32 Å². The zero-order valence-corrected chi connectivity index (χ0v) is 13.3. The van der Waals surface area contributed by atoms with Crippen LogP contribution in [-0.2, 0) is 9.53 Å². The van der Waals surface area contributed by atoms with Gasteiger partial charge in [0.2, 0.25) is 0 Å². The molecule has 120 valence electrons.